The number of pyridine rings is 1. The molecule has 20 heavy (non-hydrogen) atoms. The van der Waals surface area contributed by atoms with Gasteiger partial charge in [0, 0.05) is 6.20 Å². The predicted molar refractivity (Wildman–Crippen MR) is 67.7 cm³/mol. The maximum absolute atomic E-state index is 12.7. The molecule has 5 nitrogen and oxygen atoms in total. The maximum Gasteiger partial charge on any atom is 0.297 e. The molecule has 0 bridgehead atoms. The average Bonchev–Trinajstić information content (AvgIpc) is 2.95. The summed E-state index contributed by atoms with van der Waals surface area (Å²) in [5, 5.41) is 4.17. The Hall–Kier alpha value is -2.57. The molecule has 0 aliphatic carbocycles. The van der Waals surface area contributed by atoms with Crippen molar-refractivity contribution < 1.29 is 13.5 Å². The molecule has 0 aliphatic heterocycles. The van der Waals surface area contributed by atoms with Gasteiger partial charge >= 0.3 is 0 Å². The van der Waals surface area contributed by atoms with Crippen LogP contribution < -0.4 is 4.74 Å². The first kappa shape index (κ1) is 12.5. The van der Waals surface area contributed by atoms with Gasteiger partial charge in [-0.05, 0) is 24.3 Å². The molecule has 0 fully saturated rings. The van der Waals surface area contributed by atoms with Crippen LogP contribution in [0.15, 0.2) is 36.7 Å². The second-order valence-electron chi connectivity index (χ2n) is 4.02. The highest BCUT2D eigenvalue weighted by Crippen LogP contribution is 2.26. The molecule has 7 heteroatoms. The highest BCUT2D eigenvalue weighted by Gasteiger charge is 2.14. The van der Waals surface area contributed by atoms with E-state index >= 15 is 0 Å². The number of rotatable bonds is 3. The van der Waals surface area contributed by atoms with E-state index in [4.69, 9.17) is 4.74 Å². The van der Waals surface area contributed by atoms with Crippen molar-refractivity contribution in [2.45, 2.75) is 6.43 Å². The van der Waals surface area contributed by atoms with Gasteiger partial charge in [-0.2, -0.15) is 5.10 Å². The fraction of sp³-hybridized carbons (Fsp3) is 0.154. The molecule has 0 saturated heterocycles. The van der Waals surface area contributed by atoms with Crippen molar-refractivity contribution in [2.24, 2.45) is 0 Å². The lowest BCUT2D eigenvalue weighted by atomic mass is 10.2. The molecule has 102 valence electrons. The number of methoxy groups -OCH3 is 1. The normalized spacial score (nSPS) is 11.2. The van der Waals surface area contributed by atoms with Gasteiger partial charge in [0.05, 0.1) is 24.7 Å². The number of nitrogens with zero attached hydrogens (tertiary/aromatic N) is 4. The van der Waals surface area contributed by atoms with Gasteiger partial charge < -0.3 is 4.74 Å². The molecular weight excluding hydrogens is 266 g/mol. The van der Waals surface area contributed by atoms with Crippen LogP contribution in [0, 0.1) is 0 Å². The summed E-state index contributed by atoms with van der Waals surface area (Å²) in [4.78, 5) is 7.42. The molecule has 0 spiro atoms. The monoisotopic (exact) mass is 276 g/mol. The van der Waals surface area contributed by atoms with Gasteiger partial charge in [0.25, 0.3) is 6.43 Å². The number of halogens is 2. The van der Waals surface area contributed by atoms with Crippen LogP contribution in [-0.2, 0) is 0 Å². The standard InChI is InChI=1S/C13H10F2N4O/c1-20-11-3-2-9(19-10(11)5-7-17-19)8-4-6-16-13(18-8)12(14)15/h2-7,12H,1H3. The van der Waals surface area contributed by atoms with Crippen LogP contribution in [0.1, 0.15) is 12.2 Å². The van der Waals surface area contributed by atoms with Crippen LogP contribution >= 0.6 is 0 Å². The van der Waals surface area contributed by atoms with E-state index in [9.17, 15) is 8.78 Å². The predicted octanol–water partition coefficient (Wildman–Crippen LogP) is 2.74. The quantitative estimate of drug-likeness (QED) is 0.738. The topological polar surface area (TPSA) is 52.3 Å². The molecule has 0 amide bonds. The molecule has 0 aliphatic rings. The first-order valence-electron chi connectivity index (χ1n) is 5.83. The highest BCUT2D eigenvalue weighted by molar-refractivity contribution is 5.67. The SMILES string of the molecule is COc1ccc(-c2ccnc(C(F)F)n2)n2nccc12. The second-order valence-corrected chi connectivity index (χ2v) is 4.02. The number of ether oxygens (including phenoxy) is 1. The van der Waals surface area contributed by atoms with E-state index in [1.165, 1.54) is 6.20 Å². The van der Waals surface area contributed by atoms with E-state index in [2.05, 4.69) is 15.1 Å². The summed E-state index contributed by atoms with van der Waals surface area (Å²) >= 11 is 0. The van der Waals surface area contributed by atoms with Crippen molar-refractivity contribution in [3.05, 3.63) is 42.5 Å². The Labute approximate surface area is 112 Å². The van der Waals surface area contributed by atoms with E-state index in [0.29, 0.717) is 17.1 Å². The van der Waals surface area contributed by atoms with Gasteiger partial charge in [0.2, 0.25) is 0 Å². The molecule has 3 heterocycles. The minimum Gasteiger partial charge on any atom is -0.494 e. The summed E-state index contributed by atoms with van der Waals surface area (Å²) in [6.45, 7) is 0. The highest BCUT2D eigenvalue weighted by atomic mass is 19.3. The molecule has 0 unspecified atom stereocenters. The summed E-state index contributed by atoms with van der Waals surface area (Å²) in [5.41, 5.74) is 1.71. The fourth-order valence-corrected chi connectivity index (χ4v) is 1.98. The summed E-state index contributed by atoms with van der Waals surface area (Å²) in [6.07, 6.45) is 0.210. The zero-order chi connectivity index (χ0) is 14.1. The number of aromatic nitrogens is 4. The fourth-order valence-electron chi connectivity index (χ4n) is 1.98. The number of alkyl halides is 2. The smallest absolute Gasteiger partial charge is 0.297 e. The van der Waals surface area contributed by atoms with Crippen LogP contribution in [0.5, 0.6) is 5.75 Å². The van der Waals surface area contributed by atoms with E-state index in [-0.39, 0.29) is 0 Å². The van der Waals surface area contributed by atoms with Gasteiger partial charge in [-0.1, -0.05) is 0 Å². The molecule has 0 radical (unpaired) electrons. The van der Waals surface area contributed by atoms with Crippen molar-refractivity contribution >= 4 is 5.52 Å². The molecule has 0 N–H and O–H groups in total. The van der Waals surface area contributed by atoms with Crippen molar-refractivity contribution in [2.75, 3.05) is 7.11 Å². The molecule has 3 aromatic rings. The molecule has 3 rings (SSSR count). The van der Waals surface area contributed by atoms with Gasteiger partial charge in [-0.15, -0.1) is 0 Å². The zero-order valence-electron chi connectivity index (χ0n) is 10.5. The van der Waals surface area contributed by atoms with Crippen molar-refractivity contribution in [3.8, 4) is 17.1 Å². The molecule has 3 aromatic heterocycles. The summed E-state index contributed by atoms with van der Waals surface area (Å²) in [5.74, 6) is 0.146. The molecule has 0 saturated carbocycles. The first-order valence-corrected chi connectivity index (χ1v) is 5.83. The third kappa shape index (κ3) is 1.97. The lowest BCUT2D eigenvalue weighted by Crippen LogP contribution is -2.01. The Morgan fingerprint density at radius 3 is 2.75 bits per heavy atom. The van der Waals surface area contributed by atoms with E-state index < -0.39 is 12.2 Å². The lowest BCUT2D eigenvalue weighted by Gasteiger charge is -2.08. The van der Waals surface area contributed by atoms with E-state index in [1.807, 2.05) is 0 Å². The van der Waals surface area contributed by atoms with Crippen LogP contribution in [0.25, 0.3) is 16.9 Å². The van der Waals surface area contributed by atoms with E-state index in [1.54, 1.807) is 42.1 Å². The molecular formula is C13H10F2N4O. The Kier molecular flexibility index (Phi) is 3.02. The third-order valence-corrected chi connectivity index (χ3v) is 2.87. The van der Waals surface area contributed by atoms with Gasteiger partial charge in [-0.3, -0.25) is 0 Å². The van der Waals surface area contributed by atoms with Crippen molar-refractivity contribution in [1.82, 2.24) is 19.6 Å². The Bertz CT molecular complexity index is 757. The minimum atomic E-state index is -2.71. The maximum atomic E-state index is 12.7. The van der Waals surface area contributed by atoms with Gasteiger partial charge in [-0.25, -0.2) is 23.3 Å². The average molecular weight is 276 g/mol. The van der Waals surface area contributed by atoms with Gasteiger partial charge in [0.1, 0.15) is 11.3 Å². The first-order chi connectivity index (χ1) is 9.70. The number of fused-ring (bicyclic) bond motifs is 1. The Balaban J connectivity index is 2.20. The summed E-state index contributed by atoms with van der Waals surface area (Å²) in [7, 11) is 1.56. The molecule has 0 atom stereocenters. The van der Waals surface area contributed by atoms with Crippen LogP contribution in [0.3, 0.4) is 0 Å². The zero-order valence-corrected chi connectivity index (χ0v) is 10.5. The van der Waals surface area contributed by atoms with Crippen LogP contribution in [-0.4, -0.2) is 26.7 Å². The Morgan fingerprint density at radius 2 is 2.00 bits per heavy atom. The Morgan fingerprint density at radius 1 is 1.15 bits per heavy atom. The molecule has 0 aromatic carbocycles. The lowest BCUT2D eigenvalue weighted by molar-refractivity contribution is 0.140. The van der Waals surface area contributed by atoms with E-state index in [0.717, 1.165) is 5.52 Å². The number of hydrogen-bond donors (Lipinski definition) is 0. The van der Waals surface area contributed by atoms with Crippen LogP contribution in [0.2, 0.25) is 0 Å². The third-order valence-electron chi connectivity index (χ3n) is 2.87. The second kappa shape index (κ2) is 4.84. The van der Waals surface area contributed by atoms with Crippen molar-refractivity contribution in [3.63, 3.8) is 0 Å². The van der Waals surface area contributed by atoms with Crippen molar-refractivity contribution in [1.29, 1.82) is 0 Å². The number of hydrogen-bond acceptors (Lipinski definition) is 4. The summed E-state index contributed by atoms with van der Waals surface area (Å²) in [6, 6.07) is 6.80. The van der Waals surface area contributed by atoms with Crippen LogP contribution in [0.4, 0.5) is 8.78 Å². The largest absolute Gasteiger partial charge is 0.494 e. The summed E-state index contributed by atoms with van der Waals surface area (Å²) < 4.78 is 32.2. The van der Waals surface area contributed by atoms with Gasteiger partial charge in [0.15, 0.2) is 5.82 Å². The minimum absolute atomic E-state index is 0.381.